The predicted octanol–water partition coefficient (Wildman–Crippen LogP) is 3.56. The summed E-state index contributed by atoms with van der Waals surface area (Å²) in [6, 6.07) is 4.21. The van der Waals surface area contributed by atoms with Gasteiger partial charge in [-0.2, -0.15) is 0 Å². The summed E-state index contributed by atoms with van der Waals surface area (Å²) in [7, 11) is 0. The Bertz CT molecular complexity index is 718. The number of hydrogen-bond acceptors (Lipinski definition) is 3. The number of benzene rings is 1. The fraction of sp³-hybridized carbons (Fsp3) is 0.600. The Morgan fingerprint density at radius 3 is 2.56 bits per heavy atom. The standard InChI is InChI=1S/C20H28N2O3/c1-11(2)13-7-12(3)17-14(8-13)15-9-22(10-16(15)21-18(17)23)19(24)25-20(4,5)6/h7-8,11,15-16H,9-10H2,1-6H3,(H,21,23)/t15-,16+/m1/s1. The number of nitrogens with one attached hydrogen (secondary N) is 1. The summed E-state index contributed by atoms with van der Waals surface area (Å²) in [5, 5.41) is 3.08. The predicted molar refractivity (Wildman–Crippen MR) is 97.1 cm³/mol. The van der Waals surface area contributed by atoms with Crippen molar-refractivity contribution in [2.75, 3.05) is 13.1 Å². The Kier molecular flexibility index (Phi) is 4.30. The van der Waals surface area contributed by atoms with Gasteiger partial charge in [0.15, 0.2) is 0 Å². The number of fused-ring (bicyclic) bond motifs is 3. The number of aryl methyl sites for hydroxylation is 1. The first kappa shape index (κ1) is 17.8. The second-order valence-corrected chi connectivity index (χ2v) is 8.53. The summed E-state index contributed by atoms with van der Waals surface area (Å²) >= 11 is 0. The molecule has 0 aliphatic carbocycles. The molecule has 0 aromatic heterocycles. The highest BCUT2D eigenvalue weighted by atomic mass is 16.6. The van der Waals surface area contributed by atoms with Gasteiger partial charge in [0.05, 0.1) is 6.04 Å². The van der Waals surface area contributed by atoms with Gasteiger partial charge in [-0.15, -0.1) is 0 Å². The first-order chi connectivity index (χ1) is 11.6. The van der Waals surface area contributed by atoms with Gasteiger partial charge in [0.1, 0.15) is 5.60 Å². The number of amides is 2. The zero-order valence-electron chi connectivity index (χ0n) is 16.0. The molecule has 0 unspecified atom stereocenters. The number of likely N-dealkylation sites (tertiary alicyclic amines) is 1. The van der Waals surface area contributed by atoms with Crippen molar-refractivity contribution in [1.29, 1.82) is 0 Å². The summed E-state index contributed by atoms with van der Waals surface area (Å²) in [5.74, 6) is 0.489. The maximum absolute atomic E-state index is 12.6. The molecule has 2 heterocycles. The molecule has 0 spiro atoms. The van der Waals surface area contributed by atoms with Crippen LogP contribution in [-0.4, -0.2) is 41.6 Å². The van der Waals surface area contributed by atoms with Crippen LogP contribution < -0.4 is 5.32 Å². The molecule has 25 heavy (non-hydrogen) atoms. The molecule has 1 aromatic rings. The van der Waals surface area contributed by atoms with Crippen LogP contribution in [0.1, 0.15) is 73.5 Å². The van der Waals surface area contributed by atoms with E-state index in [9.17, 15) is 9.59 Å². The highest BCUT2D eigenvalue weighted by molar-refractivity contribution is 5.99. The molecule has 0 bridgehead atoms. The molecule has 5 nitrogen and oxygen atoms in total. The SMILES string of the molecule is Cc1cc(C(C)C)cc2c1C(=O)N[C@H]1CN(C(=O)OC(C)(C)C)C[C@H]21. The Hall–Kier alpha value is -2.04. The van der Waals surface area contributed by atoms with E-state index in [1.807, 2.05) is 27.7 Å². The number of carbonyl (C=O) groups excluding carboxylic acids is 2. The molecule has 1 saturated heterocycles. The monoisotopic (exact) mass is 344 g/mol. The van der Waals surface area contributed by atoms with Gasteiger partial charge >= 0.3 is 6.09 Å². The summed E-state index contributed by atoms with van der Waals surface area (Å²) in [4.78, 5) is 26.7. The van der Waals surface area contributed by atoms with Crippen LogP contribution in [0.4, 0.5) is 4.79 Å². The zero-order chi connectivity index (χ0) is 18.5. The van der Waals surface area contributed by atoms with E-state index in [1.165, 1.54) is 5.56 Å². The molecular weight excluding hydrogens is 316 g/mol. The smallest absolute Gasteiger partial charge is 0.410 e. The van der Waals surface area contributed by atoms with Crippen LogP contribution in [0, 0.1) is 6.92 Å². The lowest BCUT2D eigenvalue weighted by molar-refractivity contribution is 0.0288. The Labute approximate surface area is 149 Å². The van der Waals surface area contributed by atoms with E-state index in [0.717, 1.165) is 16.7 Å². The second kappa shape index (κ2) is 6.04. The summed E-state index contributed by atoms with van der Waals surface area (Å²) in [6.45, 7) is 13.0. The van der Waals surface area contributed by atoms with Crippen LogP contribution in [0.15, 0.2) is 12.1 Å². The molecule has 3 rings (SSSR count). The molecule has 136 valence electrons. The number of nitrogens with zero attached hydrogens (tertiary/aromatic N) is 1. The normalized spacial score (nSPS) is 22.5. The molecular formula is C20H28N2O3. The van der Waals surface area contributed by atoms with E-state index in [0.29, 0.717) is 19.0 Å². The Morgan fingerprint density at radius 1 is 1.28 bits per heavy atom. The minimum absolute atomic E-state index is 0.0323. The molecule has 2 aliphatic rings. The highest BCUT2D eigenvalue weighted by Gasteiger charge is 2.43. The molecule has 0 saturated carbocycles. The van der Waals surface area contributed by atoms with E-state index >= 15 is 0 Å². The van der Waals surface area contributed by atoms with Gasteiger partial charge < -0.3 is 15.0 Å². The van der Waals surface area contributed by atoms with Gasteiger partial charge in [-0.25, -0.2) is 4.79 Å². The van der Waals surface area contributed by atoms with Crippen LogP contribution in [0.2, 0.25) is 0 Å². The van der Waals surface area contributed by atoms with Crippen molar-refractivity contribution >= 4 is 12.0 Å². The fourth-order valence-electron chi connectivity index (χ4n) is 3.76. The van der Waals surface area contributed by atoms with Crippen molar-refractivity contribution < 1.29 is 14.3 Å². The number of carbonyl (C=O) groups is 2. The Morgan fingerprint density at radius 2 is 1.96 bits per heavy atom. The van der Waals surface area contributed by atoms with Crippen LogP contribution in [0.3, 0.4) is 0 Å². The number of rotatable bonds is 1. The molecule has 2 amide bonds. The van der Waals surface area contributed by atoms with Crippen LogP contribution in [0.25, 0.3) is 0 Å². The maximum atomic E-state index is 12.6. The fourth-order valence-corrected chi connectivity index (χ4v) is 3.76. The van der Waals surface area contributed by atoms with Crippen molar-refractivity contribution in [3.05, 3.63) is 34.4 Å². The van der Waals surface area contributed by atoms with E-state index in [4.69, 9.17) is 4.74 Å². The van der Waals surface area contributed by atoms with Crippen molar-refractivity contribution in [2.24, 2.45) is 0 Å². The summed E-state index contributed by atoms with van der Waals surface area (Å²) in [5.41, 5.74) is 3.57. The van der Waals surface area contributed by atoms with Crippen molar-refractivity contribution in [3.8, 4) is 0 Å². The highest BCUT2D eigenvalue weighted by Crippen LogP contribution is 2.37. The van der Waals surface area contributed by atoms with Gasteiger partial charge in [0.25, 0.3) is 5.91 Å². The lowest BCUT2D eigenvalue weighted by Crippen LogP contribution is -2.45. The summed E-state index contributed by atoms with van der Waals surface area (Å²) in [6.07, 6.45) is -0.311. The summed E-state index contributed by atoms with van der Waals surface area (Å²) < 4.78 is 5.50. The Balaban J connectivity index is 1.92. The third-order valence-corrected chi connectivity index (χ3v) is 4.97. The molecule has 1 fully saturated rings. The van der Waals surface area contributed by atoms with Gasteiger partial charge in [-0.05, 0) is 50.3 Å². The first-order valence-electron chi connectivity index (χ1n) is 9.00. The van der Waals surface area contributed by atoms with Gasteiger partial charge in [-0.3, -0.25) is 4.79 Å². The van der Waals surface area contributed by atoms with Crippen LogP contribution in [0.5, 0.6) is 0 Å². The van der Waals surface area contributed by atoms with E-state index in [-0.39, 0.29) is 24.0 Å². The minimum atomic E-state index is -0.520. The minimum Gasteiger partial charge on any atom is -0.444 e. The molecule has 1 N–H and O–H groups in total. The van der Waals surface area contributed by atoms with Gasteiger partial charge in [-0.1, -0.05) is 26.0 Å². The van der Waals surface area contributed by atoms with E-state index in [2.05, 4.69) is 31.3 Å². The first-order valence-corrected chi connectivity index (χ1v) is 9.00. The van der Waals surface area contributed by atoms with Gasteiger partial charge in [0.2, 0.25) is 0 Å². The van der Waals surface area contributed by atoms with Crippen LogP contribution >= 0.6 is 0 Å². The topological polar surface area (TPSA) is 58.6 Å². The number of hydrogen-bond donors (Lipinski definition) is 1. The van der Waals surface area contributed by atoms with E-state index in [1.54, 1.807) is 4.90 Å². The molecule has 5 heteroatoms. The van der Waals surface area contributed by atoms with E-state index < -0.39 is 5.60 Å². The van der Waals surface area contributed by atoms with Crippen molar-refractivity contribution in [2.45, 2.75) is 65.0 Å². The molecule has 2 atom stereocenters. The average molecular weight is 344 g/mol. The number of ether oxygens (including phenoxy) is 1. The third kappa shape index (κ3) is 3.37. The third-order valence-electron chi connectivity index (χ3n) is 4.97. The lowest BCUT2D eigenvalue weighted by Gasteiger charge is -2.30. The quantitative estimate of drug-likeness (QED) is 0.847. The molecule has 2 aliphatic heterocycles. The maximum Gasteiger partial charge on any atom is 0.410 e. The average Bonchev–Trinajstić information content (AvgIpc) is 2.89. The largest absolute Gasteiger partial charge is 0.444 e. The van der Waals surface area contributed by atoms with Crippen molar-refractivity contribution in [1.82, 2.24) is 10.2 Å². The second-order valence-electron chi connectivity index (χ2n) is 8.53. The lowest BCUT2D eigenvalue weighted by atomic mass is 9.82. The molecule has 1 aromatic carbocycles. The van der Waals surface area contributed by atoms with Gasteiger partial charge in [0, 0.05) is 24.6 Å². The molecule has 0 radical (unpaired) electrons. The van der Waals surface area contributed by atoms with Crippen LogP contribution in [-0.2, 0) is 4.74 Å². The van der Waals surface area contributed by atoms with Crippen molar-refractivity contribution in [3.63, 3.8) is 0 Å². The zero-order valence-corrected chi connectivity index (χ0v) is 16.0.